The van der Waals surface area contributed by atoms with Crippen LogP contribution in [0.25, 0.3) is 0 Å². The van der Waals surface area contributed by atoms with Crippen molar-refractivity contribution < 1.29 is 4.39 Å². The first kappa shape index (κ1) is 15.5. The molecule has 0 bridgehead atoms. The molecule has 1 aliphatic heterocycles. The standard InChI is InChI=1S/C15H18ClFN4S/c1-20-5-7-21(8-6-20)13-4-2-3-12(17)14(13)18-9-11-10-19-15(16)22-11/h2-4,10,18H,5-9H2,1H3. The number of nitrogens with one attached hydrogen (secondary N) is 1. The maximum absolute atomic E-state index is 14.3. The van der Waals surface area contributed by atoms with Gasteiger partial charge in [0.05, 0.1) is 17.9 Å². The molecule has 1 aliphatic rings. The van der Waals surface area contributed by atoms with Crippen LogP contribution in [0.3, 0.4) is 0 Å². The van der Waals surface area contributed by atoms with Gasteiger partial charge in [-0.25, -0.2) is 9.37 Å². The number of thiazole rings is 1. The van der Waals surface area contributed by atoms with Crippen LogP contribution >= 0.6 is 22.9 Å². The summed E-state index contributed by atoms with van der Waals surface area (Å²) in [6.07, 6.45) is 1.72. The molecule has 3 rings (SSSR count). The number of anilines is 2. The Morgan fingerprint density at radius 2 is 2.09 bits per heavy atom. The van der Waals surface area contributed by atoms with Crippen LogP contribution < -0.4 is 10.2 Å². The molecule has 2 heterocycles. The maximum atomic E-state index is 14.3. The van der Waals surface area contributed by atoms with E-state index in [2.05, 4.69) is 27.1 Å². The molecule has 0 saturated carbocycles. The third-order valence-electron chi connectivity index (χ3n) is 3.80. The number of aromatic nitrogens is 1. The van der Waals surface area contributed by atoms with Crippen molar-refractivity contribution in [3.8, 4) is 0 Å². The Morgan fingerprint density at radius 3 is 2.77 bits per heavy atom. The van der Waals surface area contributed by atoms with Crippen LogP contribution in [0.2, 0.25) is 4.47 Å². The number of nitrogens with zero attached hydrogens (tertiary/aromatic N) is 3. The largest absolute Gasteiger partial charge is 0.376 e. The van der Waals surface area contributed by atoms with Crippen LogP contribution in [0.1, 0.15) is 4.88 Å². The van der Waals surface area contributed by atoms with Gasteiger partial charge >= 0.3 is 0 Å². The van der Waals surface area contributed by atoms with Gasteiger partial charge < -0.3 is 15.1 Å². The summed E-state index contributed by atoms with van der Waals surface area (Å²) < 4.78 is 14.8. The molecule has 0 aliphatic carbocycles. The van der Waals surface area contributed by atoms with Crippen molar-refractivity contribution in [3.05, 3.63) is 39.6 Å². The molecule has 2 aromatic rings. The second-order valence-corrected chi connectivity index (χ2v) is 7.05. The van der Waals surface area contributed by atoms with E-state index < -0.39 is 0 Å². The maximum Gasteiger partial charge on any atom is 0.183 e. The van der Waals surface area contributed by atoms with Crippen molar-refractivity contribution in [3.63, 3.8) is 0 Å². The van der Waals surface area contributed by atoms with Gasteiger partial charge in [-0.15, -0.1) is 11.3 Å². The van der Waals surface area contributed by atoms with Crippen molar-refractivity contribution in [2.45, 2.75) is 6.54 Å². The second kappa shape index (κ2) is 6.81. The molecule has 1 N–H and O–H groups in total. The fraction of sp³-hybridized carbons (Fsp3) is 0.400. The summed E-state index contributed by atoms with van der Waals surface area (Å²) in [7, 11) is 2.11. The van der Waals surface area contributed by atoms with Gasteiger partial charge in [-0.2, -0.15) is 0 Å². The summed E-state index contributed by atoms with van der Waals surface area (Å²) in [4.78, 5) is 9.50. The minimum Gasteiger partial charge on any atom is -0.376 e. The van der Waals surface area contributed by atoms with Gasteiger partial charge in [-0.1, -0.05) is 17.7 Å². The predicted molar refractivity (Wildman–Crippen MR) is 90.6 cm³/mol. The molecule has 22 heavy (non-hydrogen) atoms. The summed E-state index contributed by atoms with van der Waals surface area (Å²) >= 11 is 7.24. The molecule has 0 atom stereocenters. The van der Waals surface area contributed by atoms with E-state index in [1.165, 1.54) is 17.4 Å². The van der Waals surface area contributed by atoms with Crippen LogP contribution in [-0.2, 0) is 6.54 Å². The molecule has 1 aromatic heterocycles. The van der Waals surface area contributed by atoms with E-state index in [4.69, 9.17) is 11.6 Å². The quantitative estimate of drug-likeness (QED) is 0.925. The van der Waals surface area contributed by atoms with Crippen LogP contribution in [0.5, 0.6) is 0 Å². The van der Waals surface area contributed by atoms with Crippen molar-refractivity contribution in [2.75, 3.05) is 43.4 Å². The van der Waals surface area contributed by atoms with Gasteiger partial charge in [-0.3, -0.25) is 0 Å². The molecule has 1 fully saturated rings. The van der Waals surface area contributed by atoms with Crippen LogP contribution in [-0.4, -0.2) is 43.1 Å². The number of hydrogen-bond donors (Lipinski definition) is 1. The number of likely N-dealkylation sites (N-methyl/N-ethyl adjacent to an activating group) is 1. The first-order valence-corrected chi connectivity index (χ1v) is 8.39. The lowest BCUT2D eigenvalue weighted by molar-refractivity contribution is 0.313. The third kappa shape index (κ3) is 3.51. The van der Waals surface area contributed by atoms with Crippen molar-refractivity contribution >= 4 is 34.3 Å². The molecule has 0 radical (unpaired) electrons. The molecule has 4 nitrogen and oxygen atoms in total. The van der Waals surface area contributed by atoms with Crippen LogP contribution in [0.15, 0.2) is 24.4 Å². The average molecular weight is 341 g/mol. The highest BCUT2D eigenvalue weighted by Gasteiger charge is 2.19. The highest BCUT2D eigenvalue weighted by molar-refractivity contribution is 7.15. The van der Waals surface area contributed by atoms with E-state index in [-0.39, 0.29) is 5.82 Å². The Hall–Kier alpha value is -1.37. The summed E-state index contributed by atoms with van der Waals surface area (Å²) in [6, 6.07) is 5.22. The molecule has 0 unspecified atom stereocenters. The molecule has 0 spiro atoms. The van der Waals surface area contributed by atoms with Crippen LogP contribution in [0.4, 0.5) is 15.8 Å². The Kier molecular flexibility index (Phi) is 4.81. The fourth-order valence-corrected chi connectivity index (χ4v) is 3.46. The Balaban J connectivity index is 1.77. The Labute approximate surface area is 138 Å². The molecular formula is C15H18ClFN4S. The minimum atomic E-state index is -0.230. The van der Waals surface area contributed by atoms with Gasteiger partial charge in [-0.05, 0) is 19.2 Å². The highest BCUT2D eigenvalue weighted by Crippen LogP contribution is 2.30. The number of rotatable bonds is 4. The van der Waals surface area contributed by atoms with E-state index in [9.17, 15) is 4.39 Å². The number of hydrogen-bond acceptors (Lipinski definition) is 5. The minimum absolute atomic E-state index is 0.230. The van der Waals surface area contributed by atoms with Crippen molar-refractivity contribution in [1.82, 2.24) is 9.88 Å². The molecule has 0 amide bonds. The molecular weight excluding hydrogens is 323 g/mol. The molecule has 118 valence electrons. The zero-order valence-electron chi connectivity index (χ0n) is 12.4. The number of piperazine rings is 1. The molecule has 1 saturated heterocycles. The molecule has 1 aromatic carbocycles. The van der Waals surface area contributed by atoms with E-state index >= 15 is 0 Å². The van der Waals surface area contributed by atoms with Crippen molar-refractivity contribution in [2.24, 2.45) is 0 Å². The van der Waals surface area contributed by atoms with Gasteiger partial charge in [0.1, 0.15) is 5.82 Å². The normalized spacial score (nSPS) is 16.0. The summed E-state index contributed by atoms with van der Waals surface area (Å²) in [5.74, 6) is -0.230. The summed E-state index contributed by atoms with van der Waals surface area (Å²) in [6.45, 7) is 4.30. The van der Waals surface area contributed by atoms with Crippen molar-refractivity contribution in [1.29, 1.82) is 0 Å². The Morgan fingerprint density at radius 1 is 1.32 bits per heavy atom. The number of para-hydroxylation sites is 1. The second-order valence-electron chi connectivity index (χ2n) is 5.36. The van der Waals surface area contributed by atoms with Crippen LogP contribution in [0, 0.1) is 5.82 Å². The Bertz CT molecular complexity index is 640. The zero-order chi connectivity index (χ0) is 15.5. The van der Waals surface area contributed by atoms with E-state index in [0.29, 0.717) is 16.7 Å². The lowest BCUT2D eigenvalue weighted by Crippen LogP contribution is -2.44. The lowest BCUT2D eigenvalue weighted by atomic mass is 10.2. The number of benzene rings is 1. The van der Waals surface area contributed by atoms with Gasteiger partial charge in [0.15, 0.2) is 4.47 Å². The zero-order valence-corrected chi connectivity index (χ0v) is 13.9. The highest BCUT2D eigenvalue weighted by atomic mass is 35.5. The topological polar surface area (TPSA) is 31.4 Å². The van der Waals surface area contributed by atoms with E-state index in [1.54, 1.807) is 12.3 Å². The third-order valence-corrected chi connectivity index (χ3v) is 4.92. The SMILES string of the molecule is CN1CCN(c2cccc(F)c2NCc2cnc(Cl)s2)CC1. The summed E-state index contributed by atoms with van der Waals surface area (Å²) in [5, 5.41) is 3.20. The predicted octanol–water partition coefficient (Wildman–Crippen LogP) is 3.30. The summed E-state index contributed by atoms with van der Waals surface area (Å²) in [5.41, 5.74) is 1.47. The lowest BCUT2D eigenvalue weighted by Gasteiger charge is -2.35. The monoisotopic (exact) mass is 340 g/mol. The van der Waals surface area contributed by atoms with Gasteiger partial charge in [0, 0.05) is 37.3 Å². The van der Waals surface area contributed by atoms with E-state index in [1.807, 2.05) is 6.07 Å². The van der Waals surface area contributed by atoms with Gasteiger partial charge in [0.25, 0.3) is 0 Å². The smallest absolute Gasteiger partial charge is 0.183 e. The van der Waals surface area contributed by atoms with E-state index in [0.717, 1.165) is 36.7 Å². The average Bonchev–Trinajstić information content (AvgIpc) is 2.92. The fourth-order valence-electron chi connectivity index (χ4n) is 2.54. The number of halogens is 2. The first-order valence-electron chi connectivity index (χ1n) is 7.19. The first-order chi connectivity index (χ1) is 10.6. The van der Waals surface area contributed by atoms with Gasteiger partial charge in [0.2, 0.25) is 0 Å². The molecule has 7 heteroatoms.